The molecule has 0 spiro atoms. The molecule has 0 saturated heterocycles. The largest absolute Gasteiger partial charge is 0.241 e. The maximum Gasteiger partial charge on any atom is 0.119 e. The third-order valence-electron chi connectivity index (χ3n) is 1.69. The molecule has 0 amide bonds. The Kier molecular flexibility index (Phi) is 6.51. The lowest BCUT2D eigenvalue weighted by atomic mass is 9.98. The molecule has 0 bridgehead atoms. The zero-order valence-electron chi connectivity index (χ0n) is 10.3. The highest BCUT2D eigenvalue weighted by atomic mass is 15.2. The molecule has 0 N–H and O–H groups in total. The second kappa shape index (κ2) is 7.10. The van der Waals surface area contributed by atoms with Crippen LogP contribution in [0.5, 0.6) is 0 Å². The van der Waals surface area contributed by atoms with Crippen molar-refractivity contribution in [3.63, 3.8) is 0 Å². The summed E-state index contributed by atoms with van der Waals surface area (Å²) in [4.78, 5) is 0. The predicted octanol–water partition coefficient (Wildman–Crippen LogP) is 2.49. The minimum absolute atomic E-state index is 0.727. The SMILES string of the molecule is CC.CC.[B]c1cnn2cc(C)ccc12. The van der Waals surface area contributed by atoms with Crippen LogP contribution in [-0.2, 0) is 0 Å². The van der Waals surface area contributed by atoms with Crippen molar-refractivity contribution in [3.05, 3.63) is 30.1 Å². The van der Waals surface area contributed by atoms with E-state index in [1.807, 2.05) is 52.9 Å². The molecule has 2 aromatic rings. The van der Waals surface area contributed by atoms with Gasteiger partial charge in [-0.3, -0.25) is 0 Å². The van der Waals surface area contributed by atoms with Gasteiger partial charge in [-0.25, -0.2) is 4.52 Å². The van der Waals surface area contributed by atoms with Crippen molar-refractivity contribution in [2.45, 2.75) is 34.6 Å². The van der Waals surface area contributed by atoms with Crippen LogP contribution in [0.25, 0.3) is 5.52 Å². The van der Waals surface area contributed by atoms with Gasteiger partial charge in [0.1, 0.15) is 7.85 Å². The molecule has 2 aromatic heterocycles. The predicted molar refractivity (Wildman–Crippen MR) is 68.0 cm³/mol. The molecule has 0 aliphatic carbocycles. The highest BCUT2D eigenvalue weighted by Gasteiger charge is 1.96. The van der Waals surface area contributed by atoms with Crippen molar-refractivity contribution in [3.8, 4) is 0 Å². The third kappa shape index (κ3) is 3.42. The lowest BCUT2D eigenvalue weighted by Gasteiger charge is -1.94. The first-order chi connectivity index (χ1) is 7.27. The van der Waals surface area contributed by atoms with Crippen LogP contribution in [0.1, 0.15) is 33.3 Å². The fraction of sp³-hybridized carbons (Fsp3) is 0.417. The highest BCUT2D eigenvalue weighted by molar-refractivity contribution is 6.36. The zero-order chi connectivity index (χ0) is 11.8. The maximum absolute atomic E-state index is 5.64. The number of fused-ring (bicyclic) bond motifs is 1. The van der Waals surface area contributed by atoms with Crippen LogP contribution < -0.4 is 5.46 Å². The fourth-order valence-corrected chi connectivity index (χ4v) is 1.11. The van der Waals surface area contributed by atoms with Gasteiger partial charge in [0.25, 0.3) is 0 Å². The number of nitrogens with zero attached hydrogens (tertiary/aromatic N) is 2. The molecule has 0 aliphatic rings. The van der Waals surface area contributed by atoms with Gasteiger partial charge in [-0.05, 0) is 18.6 Å². The van der Waals surface area contributed by atoms with Crippen LogP contribution in [-0.4, -0.2) is 17.5 Å². The summed E-state index contributed by atoms with van der Waals surface area (Å²) in [6, 6.07) is 3.99. The first-order valence-corrected chi connectivity index (χ1v) is 5.47. The van der Waals surface area contributed by atoms with E-state index in [0.717, 1.165) is 11.0 Å². The van der Waals surface area contributed by atoms with Gasteiger partial charge >= 0.3 is 0 Å². The number of hydrogen-bond acceptors (Lipinski definition) is 1. The average molecular weight is 202 g/mol. The van der Waals surface area contributed by atoms with Crippen molar-refractivity contribution in [1.82, 2.24) is 9.61 Å². The van der Waals surface area contributed by atoms with Crippen LogP contribution in [0.2, 0.25) is 0 Å². The summed E-state index contributed by atoms with van der Waals surface area (Å²) in [5, 5.41) is 4.07. The Morgan fingerprint density at radius 3 is 2.33 bits per heavy atom. The Morgan fingerprint density at radius 2 is 1.73 bits per heavy atom. The van der Waals surface area contributed by atoms with Crippen molar-refractivity contribution in [2.75, 3.05) is 0 Å². The van der Waals surface area contributed by atoms with Crippen LogP contribution in [0.15, 0.2) is 24.5 Å². The van der Waals surface area contributed by atoms with E-state index in [2.05, 4.69) is 5.10 Å². The van der Waals surface area contributed by atoms with Gasteiger partial charge in [-0.15, -0.1) is 0 Å². The standard InChI is InChI=1S/C8H7BN2.2C2H6/c1-6-2-3-8-7(9)4-10-11(8)5-6;2*1-2/h2-5H,1H3;2*1-2H3. The molecule has 0 atom stereocenters. The molecule has 2 heterocycles. The van der Waals surface area contributed by atoms with E-state index in [4.69, 9.17) is 7.85 Å². The van der Waals surface area contributed by atoms with Gasteiger partial charge in [0.2, 0.25) is 0 Å². The van der Waals surface area contributed by atoms with E-state index in [9.17, 15) is 0 Å². The van der Waals surface area contributed by atoms with Crippen molar-refractivity contribution in [1.29, 1.82) is 0 Å². The topological polar surface area (TPSA) is 17.3 Å². The van der Waals surface area contributed by atoms with Crippen LogP contribution in [0.4, 0.5) is 0 Å². The molecule has 2 radical (unpaired) electrons. The quantitative estimate of drug-likeness (QED) is 0.600. The summed E-state index contributed by atoms with van der Waals surface area (Å²) in [7, 11) is 5.64. The Hall–Kier alpha value is -1.25. The van der Waals surface area contributed by atoms with Gasteiger partial charge in [0, 0.05) is 12.4 Å². The molecular weight excluding hydrogens is 183 g/mol. The van der Waals surface area contributed by atoms with E-state index < -0.39 is 0 Å². The number of rotatable bonds is 0. The first kappa shape index (κ1) is 13.8. The number of aromatic nitrogens is 2. The van der Waals surface area contributed by atoms with E-state index in [1.54, 1.807) is 10.7 Å². The summed E-state index contributed by atoms with van der Waals surface area (Å²) in [5.74, 6) is 0. The summed E-state index contributed by atoms with van der Waals surface area (Å²) in [6.45, 7) is 10.0. The Labute approximate surface area is 93.7 Å². The van der Waals surface area contributed by atoms with Gasteiger partial charge < -0.3 is 0 Å². The van der Waals surface area contributed by atoms with Crippen LogP contribution >= 0.6 is 0 Å². The molecule has 0 saturated carbocycles. The second-order valence-electron chi connectivity index (χ2n) is 2.64. The molecule has 80 valence electrons. The first-order valence-electron chi connectivity index (χ1n) is 5.47. The minimum atomic E-state index is 0.727. The Bertz CT molecular complexity index is 393. The Balaban J connectivity index is 0.000000442. The maximum atomic E-state index is 5.64. The minimum Gasteiger partial charge on any atom is -0.241 e. The molecular formula is C12H19BN2. The lowest BCUT2D eigenvalue weighted by molar-refractivity contribution is 0.952. The Morgan fingerprint density at radius 1 is 1.13 bits per heavy atom. The third-order valence-corrected chi connectivity index (χ3v) is 1.69. The molecule has 0 aliphatic heterocycles. The van der Waals surface area contributed by atoms with E-state index in [-0.39, 0.29) is 0 Å². The van der Waals surface area contributed by atoms with Crippen LogP contribution in [0, 0.1) is 6.92 Å². The average Bonchev–Trinajstić information content (AvgIpc) is 2.65. The van der Waals surface area contributed by atoms with Crippen molar-refractivity contribution < 1.29 is 0 Å². The molecule has 3 heteroatoms. The summed E-state index contributed by atoms with van der Waals surface area (Å²) < 4.78 is 1.78. The molecule has 2 nitrogen and oxygen atoms in total. The molecule has 0 aromatic carbocycles. The van der Waals surface area contributed by atoms with Crippen molar-refractivity contribution in [2.24, 2.45) is 0 Å². The number of hydrogen-bond donors (Lipinski definition) is 0. The monoisotopic (exact) mass is 202 g/mol. The summed E-state index contributed by atoms with van der Waals surface area (Å²) in [6.07, 6.45) is 3.61. The van der Waals surface area contributed by atoms with Gasteiger partial charge in [0.05, 0.1) is 5.52 Å². The van der Waals surface area contributed by atoms with Crippen molar-refractivity contribution >= 4 is 18.8 Å². The second-order valence-corrected chi connectivity index (χ2v) is 2.64. The van der Waals surface area contributed by atoms with E-state index in [1.165, 1.54) is 5.56 Å². The highest BCUT2D eigenvalue weighted by Crippen LogP contribution is 2.00. The number of pyridine rings is 1. The molecule has 0 unspecified atom stereocenters. The molecule has 15 heavy (non-hydrogen) atoms. The van der Waals surface area contributed by atoms with Crippen LogP contribution in [0.3, 0.4) is 0 Å². The van der Waals surface area contributed by atoms with Gasteiger partial charge in [-0.1, -0.05) is 39.2 Å². The summed E-state index contributed by atoms with van der Waals surface area (Å²) >= 11 is 0. The van der Waals surface area contributed by atoms with Gasteiger partial charge in [0.15, 0.2) is 0 Å². The normalized spacial score (nSPS) is 8.60. The zero-order valence-corrected chi connectivity index (χ0v) is 10.3. The molecule has 2 rings (SSSR count). The fourth-order valence-electron chi connectivity index (χ4n) is 1.11. The smallest absolute Gasteiger partial charge is 0.119 e. The lowest BCUT2D eigenvalue weighted by Crippen LogP contribution is -1.99. The van der Waals surface area contributed by atoms with Gasteiger partial charge in [-0.2, -0.15) is 5.10 Å². The summed E-state index contributed by atoms with van der Waals surface area (Å²) in [5.41, 5.74) is 2.88. The van der Waals surface area contributed by atoms with E-state index >= 15 is 0 Å². The number of aryl methyl sites for hydroxylation is 1. The van der Waals surface area contributed by atoms with E-state index in [0.29, 0.717) is 0 Å². The molecule has 0 fully saturated rings.